The number of aliphatic hydroxyl groups is 1. The fraction of sp³-hybridized carbons (Fsp3) is 0.444. The first-order valence-electron chi connectivity index (χ1n) is 3.86. The van der Waals surface area contributed by atoms with Gasteiger partial charge in [0, 0.05) is 18.6 Å². The molecule has 0 heterocycles. The fourth-order valence-corrected chi connectivity index (χ4v) is 0.566. The highest BCUT2D eigenvalue weighted by molar-refractivity contribution is 5.87. The zero-order chi connectivity index (χ0) is 10.1. The van der Waals surface area contributed by atoms with Gasteiger partial charge in [-0.05, 0) is 0 Å². The maximum absolute atomic E-state index is 11.0. The standard InChI is InChI=1S/C9H14O4/c1-3-6-12-7-13-9(11)8(2)4-5-10/h3,10H,1-2,4-7H2. The van der Waals surface area contributed by atoms with Crippen molar-refractivity contribution >= 4 is 5.97 Å². The van der Waals surface area contributed by atoms with Crippen LogP contribution < -0.4 is 0 Å². The maximum atomic E-state index is 11.0. The van der Waals surface area contributed by atoms with Crippen molar-refractivity contribution in [2.24, 2.45) is 0 Å². The molecule has 0 aliphatic heterocycles. The van der Waals surface area contributed by atoms with Gasteiger partial charge in [0.2, 0.25) is 0 Å². The molecule has 13 heavy (non-hydrogen) atoms. The van der Waals surface area contributed by atoms with E-state index in [1.165, 1.54) is 0 Å². The Labute approximate surface area is 77.5 Å². The summed E-state index contributed by atoms with van der Waals surface area (Å²) in [6.45, 7) is 6.97. The van der Waals surface area contributed by atoms with E-state index in [-0.39, 0.29) is 25.4 Å². The normalized spacial score (nSPS) is 9.31. The van der Waals surface area contributed by atoms with Crippen molar-refractivity contribution in [3.05, 3.63) is 24.8 Å². The molecule has 0 aromatic heterocycles. The third-order valence-electron chi connectivity index (χ3n) is 1.21. The van der Waals surface area contributed by atoms with Gasteiger partial charge in [-0.15, -0.1) is 6.58 Å². The summed E-state index contributed by atoms with van der Waals surface area (Å²) in [4.78, 5) is 11.0. The number of hydrogen-bond acceptors (Lipinski definition) is 4. The van der Waals surface area contributed by atoms with Gasteiger partial charge in [-0.1, -0.05) is 12.7 Å². The summed E-state index contributed by atoms with van der Waals surface area (Å²) in [7, 11) is 0. The molecule has 0 unspecified atom stereocenters. The van der Waals surface area contributed by atoms with Crippen molar-refractivity contribution in [3.63, 3.8) is 0 Å². The molecular formula is C9H14O4. The zero-order valence-electron chi connectivity index (χ0n) is 7.49. The van der Waals surface area contributed by atoms with Crippen molar-refractivity contribution in [1.82, 2.24) is 0 Å². The minimum absolute atomic E-state index is 0.110. The van der Waals surface area contributed by atoms with E-state index in [4.69, 9.17) is 9.84 Å². The first-order chi connectivity index (χ1) is 6.22. The molecule has 0 aromatic rings. The lowest BCUT2D eigenvalue weighted by Gasteiger charge is -2.05. The number of esters is 1. The van der Waals surface area contributed by atoms with Crippen LogP contribution in [-0.2, 0) is 14.3 Å². The lowest BCUT2D eigenvalue weighted by Crippen LogP contribution is -2.11. The van der Waals surface area contributed by atoms with Crippen molar-refractivity contribution in [3.8, 4) is 0 Å². The van der Waals surface area contributed by atoms with Gasteiger partial charge in [0.1, 0.15) is 0 Å². The minimum atomic E-state index is -0.543. The summed E-state index contributed by atoms with van der Waals surface area (Å²) in [5, 5.41) is 8.48. The van der Waals surface area contributed by atoms with Crippen LogP contribution in [-0.4, -0.2) is 31.1 Å². The number of rotatable bonds is 7. The van der Waals surface area contributed by atoms with Gasteiger partial charge in [0.15, 0.2) is 6.79 Å². The smallest absolute Gasteiger partial charge is 0.335 e. The van der Waals surface area contributed by atoms with Gasteiger partial charge >= 0.3 is 5.97 Å². The van der Waals surface area contributed by atoms with Gasteiger partial charge in [-0.25, -0.2) is 4.79 Å². The van der Waals surface area contributed by atoms with E-state index in [1.54, 1.807) is 6.08 Å². The lowest BCUT2D eigenvalue weighted by molar-refractivity contribution is -0.150. The van der Waals surface area contributed by atoms with E-state index >= 15 is 0 Å². The Morgan fingerprint density at radius 2 is 2.23 bits per heavy atom. The second-order valence-electron chi connectivity index (χ2n) is 2.29. The second kappa shape index (κ2) is 7.52. The molecule has 0 aliphatic rings. The van der Waals surface area contributed by atoms with E-state index in [0.29, 0.717) is 6.61 Å². The summed E-state index contributed by atoms with van der Waals surface area (Å²) in [6.07, 6.45) is 1.77. The van der Waals surface area contributed by atoms with Crippen molar-refractivity contribution in [2.45, 2.75) is 6.42 Å². The Morgan fingerprint density at radius 3 is 2.77 bits per heavy atom. The van der Waals surface area contributed by atoms with Crippen LogP contribution in [0.25, 0.3) is 0 Å². The van der Waals surface area contributed by atoms with Gasteiger partial charge in [-0.2, -0.15) is 0 Å². The summed E-state index contributed by atoms with van der Waals surface area (Å²) in [6, 6.07) is 0. The number of carbonyl (C=O) groups excluding carboxylic acids is 1. The lowest BCUT2D eigenvalue weighted by atomic mass is 10.2. The molecule has 4 heteroatoms. The molecular weight excluding hydrogens is 172 g/mol. The van der Waals surface area contributed by atoms with E-state index in [0.717, 1.165) is 0 Å². The molecule has 0 aromatic carbocycles. The molecule has 1 N–H and O–H groups in total. The van der Waals surface area contributed by atoms with E-state index in [9.17, 15) is 4.79 Å². The van der Waals surface area contributed by atoms with Crippen LogP contribution in [0, 0.1) is 0 Å². The van der Waals surface area contributed by atoms with Crippen LogP contribution in [0.3, 0.4) is 0 Å². The van der Waals surface area contributed by atoms with Crippen LogP contribution in [0.2, 0.25) is 0 Å². The summed E-state index contributed by atoms with van der Waals surface area (Å²) in [5.74, 6) is -0.543. The predicted molar refractivity (Wildman–Crippen MR) is 48.0 cm³/mol. The summed E-state index contributed by atoms with van der Waals surface area (Å²) in [5.41, 5.74) is 0.240. The molecule has 0 radical (unpaired) electrons. The molecule has 0 saturated heterocycles. The third kappa shape index (κ3) is 6.07. The molecule has 0 spiro atoms. The van der Waals surface area contributed by atoms with Crippen LogP contribution in [0.15, 0.2) is 24.8 Å². The van der Waals surface area contributed by atoms with E-state index in [1.807, 2.05) is 0 Å². The van der Waals surface area contributed by atoms with E-state index < -0.39 is 5.97 Å². The number of aliphatic hydroxyl groups excluding tert-OH is 1. The second-order valence-corrected chi connectivity index (χ2v) is 2.29. The highest BCUT2D eigenvalue weighted by Gasteiger charge is 2.06. The third-order valence-corrected chi connectivity index (χ3v) is 1.21. The molecule has 4 nitrogen and oxygen atoms in total. The Hall–Kier alpha value is -1.13. The number of carbonyl (C=O) groups is 1. The first kappa shape index (κ1) is 11.9. The Balaban J connectivity index is 3.50. The van der Waals surface area contributed by atoms with Crippen molar-refractivity contribution < 1.29 is 19.4 Å². The van der Waals surface area contributed by atoms with Gasteiger partial charge in [0.25, 0.3) is 0 Å². The van der Waals surface area contributed by atoms with Crippen molar-refractivity contribution in [2.75, 3.05) is 20.0 Å². The average Bonchev–Trinajstić information content (AvgIpc) is 2.12. The molecule has 0 bridgehead atoms. The predicted octanol–water partition coefficient (Wildman–Crippen LogP) is 0.628. The molecule has 0 atom stereocenters. The van der Waals surface area contributed by atoms with Gasteiger partial charge in [0.05, 0.1) is 6.61 Å². The monoisotopic (exact) mass is 186 g/mol. The molecule has 74 valence electrons. The van der Waals surface area contributed by atoms with Crippen LogP contribution in [0.4, 0.5) is 0 Å². The molecule has 0 amide bonds. The SMILES string of the molecule is C=CCOCOC(=O)C(=C)CCO. The first-order valence-corrected chi connectivity index (χ1v) is 3.86. The van der Waals surface area contributed by atoms with Crippen LogP contribution in [0.5, 0.6) is 0 Å². The van der Waals surface area contributed by atoms with Crippen LogP contribution >= 0.6 is 0 Å². The fourth-order valence-electron chi connectivity index (χ4n) is 0.566. The molecule has 0 rings (SSSR count). The summed E-state index contributed by atoms with van der Waals surface area (Å²) < 4.78 is 9.46. The van der Waals surface area contributed by atoms with E-state index in [2.05, 4.69) is 17.9 Å². The van der Waals surface area contributed by atoms with Gasteiger partial charge in [-0.3, -0.25) is 0 Å². The molecule has 0 fully saturated rings. The van der Waals surface area contributed by atoms with Gasteiger partial charge < -0.3 is 14.6 Å². The Morgan fingerprint density at radius 1 is 1.54 bits per heavy atom. The highest BCUT2D eigenvalue weighted by atomic mass is 16.7. The minimum Gasteiger partial charge on any atom is -0.435 e. The maximum Gasteiger partial charge on any atom is 0.335 e. The Bertz CT molecular complexity index is 186. The quantitative estimate of drug-likeness (QED) is 0.208. The van der Waals surface area contributed by atoms with Crippen molar-refractivity contribution in [1.29, 1.82) is 0 Å². The number of ether oxygens (including phenoxy) is 2. The number of hydrogen-bond donors (Lipinski definition) is 1. The largest absolute Gasteiger partial charge is 0.435 e. The highest BCUT2D eigenvalue weighted by Crippen LogP contribution is 1.99. The zero-order valence-corrected chi connectivity index (χ0v) is 7.49. The van der Waals surface area contributed by atoms with Crippen LogP contribution in [0.1, 0.15) is 6.42 Å². The molecule has 0 aliphatic carbocycles. The summed E-state index contributed by atoms with van der Waals surface area (Å²) >= 11 is 0. The topological polar surface area (TPSA) is 55.8 Å². The molecule has 0 saturated carbocycles. The average molecular weight is 186 g/mol. The Kier molecular flexibility index (Phi) is 6.86.